The summed E-state index contributed by atoms with van der Waals surface area (Å²) in [6.07, 6.45) is -9.12. The van der Waals surface area contributed by atoms with Gasteiger partial charge in [-0.2, -0.15) is 30.6 Å². The number of rotatable bonds is 4. The lowest BCUT2D eigenvalue weighted by Gasteiger charge is -2.30. The lowest BCUT2D eigenvalue weighted by molar-refractivity contribution is -0.138. The Morgan fingerprint density at radius 2 is 1.41 bits per heavy atom. The van der Waals surface area contributed by atoms with Gasteiger partial charge in [0.15, 0.2) is 0 Å². The highest BCUT2D eigenvalue weighted by Gasteiger charge is 2.35. The van der Waals surface area contributed by atoms with Crippen LogP contribution in [0.4, 0.5) is 32.0 Å². The zero-order valence-electron chi connectivity index (χ0n) is 16.4. The van der Waals surface area contributed by atoms with Crippen LogP contribution in [-0.4, -0.2) is 31.7 Å². The van der Waals surface area contributed by atoms with E-state index in [0.29, 0.717) is 6.07 Å². The molecule has 1 amide bonds. The van der Waals surface area contributed by atoms with Crippen molar-refractivity contribution in [2.75, 3.05) is 18.4 Å². The van der Waals surface area contributed by atoms with Crippen molar-refractivity contribution in [3.63, 3.8) is 0 Å². The predicted molar refractivity (Wildman–Crippen MR) is 103 cm³/mol. The maximum atomic E-state index is 12.9. The molecule has 5 nitrogen and oxygen atoms in total. The predicted octanol–water partition coefficient (Wildman–Crippen LogP) is 4.76. The molecule has 1 aliphatic rings. The first-order valence-corrected chi connectivity index (χ1v) is 10.9. The summed E-state index contributed by atoms with van der Waals surface area (Å²) in [5, 5.41) is 2.40. The molecule has 0 saturated carbocycles. The van der Waals surface area contributed by atoms with Crippen molar-refractivity contribution in [3.05, 3.63) is 59.7 Å². The van der Waals surface area contributed by atoms with Crippen LogP contribution in [0, 0.1) is 5.92 Å². The third-order valence-electron chi connectivity index (χ3n) is 5.08. The number of hydrogen-bond donors (Lipinski definition) is 1. The van der Waals surface area contributed by atoms with Gasteiger partial charge in [0.2, 0.25) is 15.9 Å². The summed E-state index contributed by atoms with van der Waals surface area (Å²) < 4.78 is 104. The van der Waals surface area contributed by atoms with E-state index in [9.17, 15) is 39.6 Å². The topological polar surface area (TPSA) is 66.5 Å². The number of halogens is 6. The van der Waals surface area contributed by atoms with Gasteiger partial charge in [-0.15, -0.1) is 0 Å². The Morgan fingerprint density at radius 3 is 1.97 bits per heavy atom. The molecule has 1 N–H and O–H groups in total. The smallest absolute Gasteiger partial charge is 0.326 e. The number of hydrogen-bond acceptors (Lipinski definition) is 3. The molecule has 0 radical (unpaired) electrons. The Hall–Kier alpha value is -2.60. The Morgan fingerprint density at radius 1 is 0.875 bits per heavy atom. The molecule has 0 unspecified atom stereocenters. The van der Waals surface area contributed by atoms with Crippen LogP contribution in [-0.2, 0) is 27.2 Å². The molecule has 1 fully saturated rings. The molecule has 0 spiro atoms. The van der Waals surface area contributed by atoms with Gasteiger partial charge in [0.05, 0.1) is 16.0 Å². The summed E-state index contributed by atoms with van der Waals surface area (Å²) >= 11 is 0. The molecule has 32 heavy (non-hydrogen) atoms. The van der Waals surface area contributed by atoms with Crippen LogP contribution in [0.2, 0.25) is 0 Å². The highest BCUT2D eigenvalue weighted by atomic mass is 32.2. The third-order valence-corrected chi connectivity index (χ3v) is 6.98. The van der Waals surface area contributed by atoms with E-state index in [0.717, 1.165) is 40.7 Å². The van der Waals surface area contributed by atoms with Gasteiger partial charge >= 0.3 is 12.4 Å². The second-order valence-corrected chi connectivity index (χ2v) is 9.21. The van der Waals surface area contributed by atoms with Gasteiger partial charge in [-0.3, -0.25) is 4.79 Å². The van der Waals surface area contributed by atoms with Crippen molar-refractivity contribution in [1.82, 2.24) is 4.31 Å². The van der Waals surface area contributed by atoms with Gasteiger partial charge in [0.1, 0.15) is 0 Å². The fraction of sp³-hybridized carbons (Fsp3) is 0.350. The van der Waals surface area contributed by atoms with E-state index >= 15 is 0 Å². The number of sulfonamides is 1. The molecule has 1 aliphatic heterocycles. The van der Waals surface area contributed by atoms with Crippen LogP contribution in [0.25, 0.3) is 0 Å². The molecule has 1 saturated heterocycles. The minimum atomic E-state index is -4.69. The molecule has 0 aliphatic carbocycles. The number of amides is 1. The molecular formula is C20H18F6N2O3S. The third kappa shape index (κ3) is 5.41. The van der Waals surface area contributed by atoms with E-state index in [1.54, 1.807) is 0 Å². The van der Waals surface area contributed by atoms with E-state index < -0.39 is 50.2 Å². The van der Waals surface area contributed by atoms with Crippen molar-refractivity contribution in [2.24, 2.45) is 5.92 Å². The first-order valence-electron chi connectivity index (χ1n) is 9.44. The normalized spacial score (nSPS) is 16.7. The molecule has 2 aromatic carbocycles. The van der Waals surface area contributed by atoms with Gasteiger partial charge in [-0.1, -0.05) is 12.1 Å². The number of piperidine rings is 1. The monoisotopic (exact) mass is 480 g/mol. The standard InChI is InChI=1S/C20H18F6N2O3S/c21-19(22,23)14-3-1-5-16(11-14)27-18(29)13-7-9-28(10-8-13)32(30,31)17-6-2-4-15(12-17)20(24,25)26/h1-6,11-13H,7-10H2,(H,27,29). The molecule has 12 heteroatoms. The average molecular weight is 480 g/mol. The highest BCUT2D eigenvalue weighted by Crippen LogP contribution is 2.33. The second kappa shape index (κ2) is 8.74. The number of benzene rings is 2. The fourth-order valence-corrected chi connectivity index (χ4v) is 4.87. The van der Waals surface area contributed by atoms with E-state index in [1.165, 1.54) is 6.07 Å². The van der Waals surface area contributed by atoms with Gasteiger partial charge in [0.25, 0.3) is 0 Å². The molecule has 0 bridgehead atoms. The number of carbonyl (C=O) groups excluding carboxylic acids is 1. The van der Waals surface area contributed by atoms with E-state index in [-0.39, 0.29) is 31.6 Å². The number of carbonyl (C=O) groups is 1. The number of anilines is 1. The summed E-state index contributed by atoms with van der Waals surface area (Å²) in [7, 11) is -4.20. The zero-order chi connectivity index (χ0) is 23.7. The van der Waals surface area contributed by atoms with Crippen LogP contribution in [0.3, 0.4) is 0 Å². The lowest BCUT2D eigenvalue weighted by Crippen LogP contribution is -2.41. The van der Waals surface area contributed by atoms with E-state index in [2.05, 4.69) is 5.32 Å². The lowest BCUT2D eigenvalue weighted by atomic mass is 9.97. The summed E-state index contributed by atoms with van der Waals surface area (Å²) in [5.74, 6) is -1.21. The summed E-state index contributed by atoms with van der Waals surface area (Å²) in [6, 6.07) is 7.52. The van der Waals surface area contributed by atoms with Crippen LogP contribution in [0.15, 0.2) is 53.4 Å². The Balaban J connectivity index is 1.65. The molecule has 174 valence electrons. The summed E-state index contributed by atoms with van der Waals surface area (Å²) in [5.41, 5.74) is -2.05. The molecular weight excluding hydrogens is 462 g/mol. The minimum Gasteiger partial charge on any atom is -0.326 e. The Bertz CT molecular complexity index is 1090. The first-order chi connectivity index (χ1) is 14.8. The summed E-state index contributed by atoms with van der Waals surface area (Å²) in [4.78, 5) is 11.9. The number of nitrogens with one attached hydrogen (secondary N) is 1. The van der Waals surface area contributed by atoms with Crippen molar-refractivity contribution < 1.29 is 39.6 Å². The number of alkyl halides is 6. The molecule has 1 heterocycles. The maximum Gasteiger partial charge on any atom is 0.416 e. The fourth-order valence-electron chi connectivity index (χ4n) is 3.36. The SMILES string of the molecule is O=C(Nc1cccc(C(F)(F)F)c1)C1CCN(S(=O)(=O)c2cccc(C(F)(F)F)c2)CC1. The molecule has 0 aromatic heterocycles. The van der Waals surface area contributed by atoms with Crippen molar-refractivity contribution in [2.45, 2.75) is 30.1 Å². The number of nitrogens with zero attached hydrogens (tertiary/aromatic N) is 1. The molecule has 2 aromatic rings. The van der Waals surface area contributed by atoms with Gasteiger partial charge in [-0.05, 0) is 49.2 Å². The van der Waals surface area contributed by atoms with E-state index in [4.69, 9.17) is 0 Å². The minimum absolute atomic E-state index is 0.0381. The zero-order valence-corrected chi connectivity index (χ0v) is 17.2. The highest BCUT2D eigenvalue weighted by molar-refractivity contribution is 7.89. The van der Waals surface area contributed by atoms with Gasteiger partial charge in [0, 0.05) is 24.7 Å². The average Bonchev–Trinajstić information content (AvgIpc) is 2.73. The van der Waals surface area contributed by atoms with Crippen molar-refractivity contribution in [3.8, 4) is 0 Å². The van der Waals surface area contributed by atoms with Crippen molar-refractivity contribution >= 4 is 21.6 Å². The Labute approximate surface area is 180 Å². The first kappa shape index (κ1) is 24.1. The van der Waals surface area contributed by atoms with Crippen LogP contribution >= 0.6 is 0 Å². The summed E-state index contributed by atoms with van der Waals surface area (Å²) in [6.45, 7) is -0.224. The Kier molecular flexibility index (Phi) is 6.57. The van der Waals surface area contributed by atoms with Crippen LogP contribution in [0.5, 0.6) is 0 Å². The van der Waals surface area contributed by atoms with Crippen molar-refractivity contribution in [1.29, 1.82) is 0 Å². The molecule has 3 rings (SSSR count). The largest absolute Gasteiger partial charge is 0.416 e. The van der Waals surface area contributed by atoms with E-state index in [1.807, 2.05) is 0 Å². The van der Waals surface area contributed by atoms with Crippen LogP contribution < -0.4 is 5.32 Å². The van der Waals surface area contributed by atoms with Gasteiger partial charge in [-0.25, -0.2) is 8.42 Å². The maximum absolute atomic E-state index is 12.9. The second-order valence-electron chi connectivity index (χ2n) is 7.27. The van der Waals surface area contributed by atoms with Gasteiger partial charge < -0.3 is 5.32 Å². The quantitative estimate of drug-likeness (QED) is 0.642. The molecule has 0 atom stereocenters. The van der Waals surface area contributed by atoms with Crippen LogP contribution in [0.1, 0.15) is 24.0 Å².